The number of halogens is 2. The van der Waals surface area contributed by atoms with Gasteiger partial charge in [0.25, 0.3) is 0 Å². The van der Waals surface area contributed by atoms with Gasteiger partial charge in [-0.05, 0) is 72.3 Å². The fourth-order valence-corrected chi connectivity index (χ4v) is 6.59. The van der Waals surface area contributed by atoms with Crippen LogP contribution >= 0.6 is 23.2 Å². The smallest absolute Gasteiger partial charge is 0.351 e. The van der Waals surface area contributed by atoms with Crippen molar-refractivity contribution < 1.29 is 14.2 Å². The number of rotatable bonds is 11. The monoisotopic (exact) mass is 706 g/mol. The van der Waals surface area contributed by atoms with Gasteiger partial charge >= 0.3 is 5.69 Å². The van der Waals surface area contributed by atoms with Crippen LogP contribution in [0.5, 0.6) is 5.75 Å². The molecule has 3 aromatic heterocycles. The normalized spacial score (nSPS) is 20.1. The number of pyridine rings is 1. The Morgan fingerprint density at radius 3 is 2.43 bits per heavy atom. The lowest BCUT2D eigenvalue weighted by atomic mass is 10.1. The van der Waals surface area contributed by atoms with E-state index in [1.807, 2.05) is 44.3 Å². The Labute approximate surface area is 292 Å². The molecule has 0 amide bonds. The zero-order valence-electron chi connectivity index (χ0n) is 27.1. The molecule has 16 heteroatoms. The Balaban J connectivity index is 0.925. The highest BCUT2D eigenvalue weighted by Gasteiger charge is 2.45. The molecule has 1 unspecified atom stereocenters. The first-order chi connectivity index (χ1) is 23.8. The van der Waals surface area contributed by atoms with Gasteiger partial charge < -0.3 is 24.0 Å². The Kier molecular flexibility index (Phi) is 9.54. The maximum Gasteiger partial charge on any atom is 0.351 e. The quantitative estimate of drug-likeness (QED) is 0.194. The van der Waals surface area contributed by atoms with Crippen LogP contribution in [0, 0.1) is 0 Å². The summed E-state index contributed by atoms with van der Waals surface area (Å²) in [4.78, 5) is 22.0. The Morgan fingerprint density at radius 1 is 1.00 bits per heavy atom. The molecule has 0 spiro atoms. The first-order valence-electron chi connectivity index (χ1n) is 16.2. The topological polar surface area (TPSA) is 130 Å². The van der Waals surface area contributed by atoms with Crippen LogP contribution < -0.4 is 20.2 Å². The van der Waals surface area contributed by atoms with E-state index in [2.05, 4.69) is 47.5 Å². The van der Waals surface area contributed by atoms with Crippen molar-refractivity contribution in [2.75, 3.05) is 49.2 Å². The van der Waals surface area contributed by atoms with Crippen LogP contribution in [-0.4, -0.2) is 85.0 Å². The summed E-state index contributed by atoms with van der Waals surface area (Å²) in [5.74, 6) is 0.0886. The van der Waals surface area contributed by atoms with Crippen LogP contribution in [0.15, 0.2) is 78.2 Å². The van der Waals surface area contributed by atoms with E-state index >= 15 is 0 Å². The van der Waals surface area contributed by atoms with E-state index in [1.54, 1.807) is 18.2 Å². The number of nitrogens with zero attached hydrogens (tertiary/aromatic N) is 10. The predicted molar refractivity (Wildman–Crippen MR) is 184 cm³/mol. The lowest BCUT2D eigenvalue weighted by Crippen LogP contribution is -2.46. The van der Waals surface area contributed by atoms with Gasteiger partial charge in [-0.2, -0.15) is 5.10 Å². The van der Waals surface area contributed by atoms with E-state index in [4.69, 9.17) is 37.4 Å². The molecule has 256 valence electrons. The van der Waals surface area contributed by atoms with Crippen LogP contribution in [0.4, 0.5) is 11.4 Å². The van der Waals surface area contributed by atoms with Crippen molar-refractivity contribution in [1.82, 2.24) is 39.5 Å². The van der Waals surface area contributed by atoms with Gasteiger partial charge in [-0.3, -0.25) is 0 Å². The minimum atomic E-state index is -1.20. The molecule has 0 bridgehead atoms. The molecule has 2 aliphatic rings. The molecule has 0 radical (unpaired) electrons. The number of benzene rings is 2. The highest BCUT2D eigenvalue weighted by molar-refractivity contribution is 6.35. The first kappa shape index (κ1) is 33.0. The summed E-state index contributed by atoms with van der Waals surface area (Å²) in [7, 11) is 0. The van der Waals surface area contributed by atoms with Crippen molar-refractivity contribution in [3.8, 4) is 11.6 Å². The SMILES string of the molecule is CCC(C)n1ncn(-c2ccc(N3CCN(c4ccc(OC[C@@H]5CO[C@@](Cn6cnnn6)(c6ccc(Cl)cc6Cl)O5)cc4)CC3)cn2)c1=O. The van der Waals surface area contributed by atoms with Crippen LogP contribution in [0.25, 0.3) is 5.82 Å². The summed E-state index contributed by atoms with van der Waals surface area (Å²) in [5.41, 5.74) is 2.60. The molecule has 0 saturated carbocycles. The van der Waals surface area contributed by atoms with E-state index in [0.717, 1.165) is 49.7 Å². The second-order valence-electron chi connectivity index (χ2n) is 12.1. The van der Waals surface area contributed by atoms with Gasteiger partial charge in [0.15, 0.2) is 0 Å². The van der Waals surface area contributed by atoms with E-state index in [1.165, 1.54) is 26.6 Å². The fourth-order valence-electron chi connectivity index (χ4n) is 6.04. The first-order valence-corrected chi connectivity index (χ1v) is 16.9. The fraction of sp³-hybridized carbons (Fsp3) is 0.394. The number of piperazine rings is 1. The number of aromatic nitrogens is 8. The summed E-state index contributed by atoms with van der Waals surface area (Å²) < 4.78 is 23.3. The van der Waals surface area contributed by atoms with Crippen molar-refractivity contribution in [3.05, 3.63) is 99.5 Å². The highest BCUT2D eigenvalue weighted by atomic mass is 35.5. The second kappa shape index (κ2) is 14.2. The van der Waals surface area contributed by atoms with Crippen LogP contribution in [-0.2, 0) is 21.8 Å². The number of ether oxygens (including phenoxy) is 3. The largest absolute Gasteiger partial charge is 0.491 e. The van der Waals surface area contributed by atoms with Crippen molar-refractivity contribution >= 4 is 34.6 Å². The van der Waals surface area contributed by atoms with Crippen molar-refractivity contribution in [3.63, 3.8) is 0 Å². The Hall–Kier alpha value is -4.50. The minimum Gasteiger partial charge on any atom is -0.491 e. The molecule has 2 aliphatic heterocycles. The van der Waals surface area contributed by atoms with Crippen molar-refractivity contribution in [2.24, 2.45) is 0 Å². The maximum atomic E-state index is 12.8. The summed E-state index contributed by atoms with van der Waals surface area (Å²) in [6, 6.07) is 17.2. The third-order valence-electron chi connectivity index (χ3n) is 8.93. The summed E-state index contributed by atoms with van der Waals surface area (Å²) in [6.45, 7) is 8.18. The zero-order valence-corrected chi connectivity index (χ0v) is 28.6. The van der Waals surface area contributed by atoms with E-state index in [9.17, 15) is 4.79 Å². The molecule has 5 aromatic rings. The number of tetrazole rings is 1. The molecule has 0 N–H and O–H groups in total. The number of hydrogen-bond acceptors (Lipinski definition) is 11. The Morgan fingerprint density at radius 2 is 1.76 bits per heavy atom. The van der Waals surface area contributed by atoms with Gasteiger partial charge in [-0.15, -0.1) is 5.10 Å². The van der Waals surface area contributed by atoms with E-state index < -0.39 is 5.79 Å². The predicted octanol–water partition coefficient (Wildman–Crippen LogP) is 4.37. The minimum absolute atomic E-state index is 0.0351. The van der Waals surface area contributed by atoms with Crippen molar-refractivity contribution in [2.45, 2.75) is 44.7 Å². The third-order valence-corrected chi connectivity index (χ3v) is 9.47. The summed E-state index contributed by atoms with van der Waals surface area (Å²) in [6.07, 6.45) is 5.32. The van der Waals surface area contributed by atoms with Gasteiger partial charge in [-0.25, -0.2) is 23.7 Å². The Bertz CT molecular complexity index is 1910. The zero-order chi connectivity index (χ0) is 34.0. The molecule has 3 atom stereocenters. The molecule has 0 aliphatic carbocycles. The number of anilines is 2. The van der Waals surface area contributed by atoms with Gasteiger partial charge in [0.05, 0.1) is 29.6 Å². The van der Waals surface area contributed by atoms with E-state index in [0.29, 0.717) is 28.0 Å². The summed E-state index contributed by atoms with van der Waals surface area (Å²) >= 11 is 12.7. The molecule has 14 nitrogen and oxygen atoms in total. The third kappa shape index (κ3) is 6.99. The number of hydrogen-bond donors (Lipinski definition) is 0. The molecule has 2 fully saturated rings. The van der Waals surface area contributed by atoms with Gasteiger partial charge in [-0.1, -0.05) is 36.2 Å². The van der Waals surface area contributed by atoms with Gasteiger partial charge in [0, 0.05) is 42.5 Å². The van der Waals surface area contributed by atoms with Gasteiger partial charge in [0.1, 0.15) is 43.5 Å². The average Bonchev–Trinajstić information content (AvgIpc) is 3.88. The van der Waals surface area contributed by atoms with Crippen molar-refractivity contribution in [1.29, 1.82) is 0 Å². The molecule has 49 heavy (non-hydrogen) atoms. The standard InChI is InChI=1S/C33H36Cl2N10O4/c1-3-23(2)45-32(46)44(22-38-45)31-11-7-26(17-36-31)42-14-12-41(13-15-42)25-5-8-27(9-6-25)47-18-28-19-48-33(49-28,20-43-21-37-39-40-43)29-10-4-24(34)16-30(29)35/h4-11,16-17,21-23,28H,3,12-15,18-20H2,1-2H3/t23?,28-,33-/m1/s1. The lowest BCUT2D eigenvalue weighted by Gasteiger charge is -2.37. The average molecular weight is 708 g/mol. The highest BCUT2D eigenvalue weighted by Crippen LogP contribution is 2.40. The summed E-state index contributed by atoms with van der Waals surface area (Å²) in [5, 5.41) is 16.6. The molecule has 2 saturated heterocycles. The molecular formula is C33H36Cl2N10O4. The molecule has 7 rings (SSSR count). The van der Waals surface area contributed by atoms with E-state index in [-0.39, 0.29) is 31.0 Å². The lowest BCUT2D eigenvalue weighted by molar-refractivity contribution is -0.190. The molecule has 2 aromatic carbocycles. The van der Waals surface area contributed by atoms with Crippen LogP contribution in [0.2, 0.25) is 10.0 Å². The molecule has 5 heterocycles. The van der Waals surface area contributed by atoms with Gasteiger partial charge in [0.2, 0.25) is 5.79 Å². The maximum absolute atomic E-state index is 12.8. The van der Waals surface area contributed by atoms with Crippen LogP contribution in [0.1, 0.15) is 31.9 Å². The second-order valence-corrected chi connectivity index (χ2v) is 12.9. The molecular weight excluding hydrogens is 671 g/mol. The van der Waals surface area contributed by atoms with Crippen LogP contribution in [0.3, 0.4) is 0 Å².